The summed E-state index contributed by atoms with van der Waals surface area (Å²) in [6.45, 7) is 6.86. The molecule has 17 heavy (non-hydrogen) atoms. The molecule has 1 aliphatic rings. The van der Waals surface area contributed by atoms with Crippen molar-refractivity contribution in [2.45, 2.75) is 20.3 Å². The van der Waals surface area contributed by atoms with Crippen molar-refractivity contribution in [3.05, 3.63) is 34.9 Å². The van der Waals surface area contributed by atoms with Crippen LogP contribution in [-0.2, 0) is 0 Å². The molecule has 2 N–H and O–H groups in total. The van der Waals surface area contributed by atoms with Crippen LogP contribution in [0.5, 0.6) is 0 Å². The maximum Gasteiger partial charge on any atom is 0.251 e. The molecule has 1 saturated heterocycles. The standard InChI is InChI=1S/C14H20N2O/c1-10-3-4-11(2)13(7-10)14(17)16-9-12-5-6-15-8-12/h3-4,7,12,15H,5-6,8-9H2,1-2H3,(H,16,17). The van der Waals surface area contributed by atoms with E-state index in [0.29, 0.717) is 5.92 Å². The van der Waals surface area contributed by atoms with Gasteiger partial charge in [0.05, 0.1) is 0 Å². The van der Waals surface area contributed by atoms with Gasteiger partial charge in [0.25, 0.3) is 5.91 Å². The Morgan fingerprint density at radius 2 is 2.29 bits per heavy atom. The van der Waals surface area contributed by atoms with E-state index in [1.807, 2.05) is 32.0 Å². The van der Waals surface area contributed by atoms with Crippen molar-refractivity contribution in [3.8, 4) is 0 Å². The highest BCUT2D eigenvalue weighted by molar-refractivity contribution is 5.95. The molecule has 0 radical (unpaired) electrons. The first-order chi connectivity index (χ1) is 8.16. The Hall–Kier alpha value is -1.35. The molecule has 0 aromatic heterocycles. The lowest BCUT2D eigenvalue weighted by atomic mass is 10.0. The lowest BCUT2D eigenvalue weighted by Gasteiger charge is -2.11. The summed E-state index contributed by atoms with van der Waals surface area (Å²) in [4.78, 5) is 12.0. The number of carbonyl (C=O) groups is 1. The second-order valence-corrected chi connectivity index (χ2v) is 4.89. The monoisotopic (exact) mass is 232 g/mol. The number of aryl methyl sites for hydroxylation is 2. The molecule has 92 valence electrons. The molecule has 0 saturated carbocycles. The van der Waals surface area contributed by atoms with Crippen LogP contribution < -0.4 is 10.6 Å². The predicted octanol–water partition coefficient (Wildman–Crippen LogP) is 1.64. The van der Waals surface area contributed by atoms with Gasteiger partial charge in [0.15, 0.2) is 0 Å². The molecule has 0 aliphatic carbocycles. The van der Waals surface area contributed by atoms with E-state index in [9.17, 15) is 4.79 Å². The van der Waals surface area contributed by atoms with Gasteiger partial charge in [-0.05, 0) is 50.9 Å². The molecule has 1 unspecified atom stereocenters. The van der Waals surface area contributed by atoms with Crippen molar-refractivity contribution in [1.82, 2.24) is 10.6 Å². The third-order valence-corrected chi connectivity index (χ3v) is 3.35. The first-order valence-corrected chi connectivity index (χ1v) is 6.23. The fraction of sp³-hybridized carbons (Fsp3) is 0.500. The van der Waals surface area contributed by atoms with Crippen LogP contribution in [0, 0.1) is 19.8 Å². The molecular formula is C14H20N2O. The van der Waals surface area contributed by atoms with Gasteiger partial charge in [-0.15, -0.1) is 0 Å². The highest BCUT2D eigenvalue weighted by atomic mass is 16.1. The van der Waals surface area contributed by atoms with E-state index in [1.54, 1.807) is 0 Å². The highest BCUT2D eigenvalue weighted by Gasteiger charge is 2.16. The Labute approximate surface area is 103 Å². The lowest BCUT2D eigenvalue weighted by molar-refractivity contribution is 0.0947. The maximum absolute atomic E-state index is 12.0. The summed E-state index contributed by atoms with van der Waals surface area (Å²) in [5.41, 5.74) is 2.97. The van der Waals surface area contributed by atoms with Crippen molar-refractivity contribution in [2.75, 3.05) is 19.6 Å². The van der Waals surface area contributed by atoms with E-state index in [1.165, 1.54) is 0 Å². The van der Waals surface area contributed by atoms with E-state index in [0.717, 1.165) is 42.7 Å². The van der Waals surface area contributed by atoms with E-state index < -0.39 is 0 Å². The number of hydrogen-bond acceptors (Lipinski definition) is 2. The largest absolute Gasteiger partial charge is 0.352 e. The molecule has 3 nitrogen and oxygen atoms in total. The number of rotatable bonds is 3. The summed E-state index contributed by atoms with van der Waals surface area (Å²) in [6.07, 6.45) is 1.16. The molecule has 1 heterocycles. The normalized spacial score (nSPS) is 19.3. The van der Waals surface area contributed by atoms with Crippen LogP contribution in [0.3, 0.4) is 0 Å². The van der Waals surface area contributed by atoms with Gasteiger partial charge in [-0.1, -0.05) is 17.7 Å². The van der Waals surface area contributed by atoms with Crippen LogP contribution in [0.4, 0.5) is 0 Å². The van der Waals surface area contributed by atoms with Crippen molar-refractivity contribution in [1.29, 1.82) is 0 Å². The lowest BCUT2D eigenvalue weighted by Crippen LogP contribution is -2.30. The molecule has 0 spiro atoms. The quantitative estimate of drug-likeness (QED) is 0.832. The zero-order valence-electron chi connectivity index (χ0n) is 10.5. The molecule has 1 aliphatic heterocycles. The molecule has 2 rings (SSSR count). The van der Waals surface area contributed by atoms with Gasteiger partial charge in [0.1, 0.15) is 0 Å². The van der Waals surface area contributed by atoms with Gasteiger partial charge >= 0.3 is 0 Å². The third-order valence-electron chi connectivity index (χ3n) is 3.35. The Bertz CT molecular complexity index is 409. The Morgan fingerprint density at radius 1 is 1.47 bits per heavy atom. The van der Waals surface area contributed by atoms with Gasteiger partial charge in [-0.2, -0.15) is 0 Å². The third kappa shape index (κ3) is 3.07. The molecule has 1 amide bonds. The summed E-state index contributed by atoms with van der Waals surface area (Å²) in [6, 6.07) is 5.99. The number of nitrogens with one attached hydrogen (secondary N) is 2. The van der Waals surface area contributed by atoms with Gasteiger partial charge in [0.2, 0.25) is 0 Å². The first kappa shape index (κ1) is 12.1. The average Bonchev–Trinajstić information content (AvgIpc) is 2.82. The molecule has 1 aromatic carbocycles. The van der Waals surface area contributed by atoms with Crippen molar-refractivity contribution < 1.29 is 4.79 Å². The van der Waals surface area contributed by atoms with E-state index in [2.05, 4.69) is 10.6 Å². The molecule has 1 fully saturated rings. The van der Waals surface area contributed by atoms with Crippen molar-refractivity contribution >= 4 is 5.91 Å². The summed E-state index contributed by atoms with van der Waals surface area (Å²) in [5, 5.41) is 6.34. The SMILES string of the molecule is Cc1ccc(C)c(C(=O)NCC2CCNC2)c1. The highest BCUT2D eigenvalue weighted by Crippen LogP contribution is 2.11. The van der Waals surface area contributed by atoms with Crippen LogP contribution in [0.2, 0.25) is 0 Å². The van der Waals surface area contributed by atoms with E-state index in [4.69, 9.17) is 0 Å². The topological polar surface area (TPSA) is 41.1 Å². The Balaban J connectivity index is 1.96. The summed E-state index contributed by atoms with van der Waals surface area (Å²) >= 11 is 0. The predicted molar refractivity (Wildman–Crippen MR) is 69.2 cm³/mol. The zero-order chi connectivity index (χ0) is 12.3. The van der Waals surface area contributed by atoms with E-state index in [-0.39, 0.29) is 5.91 Å². The fourth-order valence-corrected chi connectivity index (χ4v) is 2.20. The molecule has 3 heteroatoms. The van der Waals surface area contributed by atoms with Crippen molar-refractivity contribution in [3.63, 3.8) is 0 Å². The van der Waals surface area contributed by atoms with Crippen LogP contribution >= 0.6 is 0 Å². The summed E-state index contributed by atoms with van der Waals surface area (Å²) in [7, 11) is 0. The average molecular weight is 232 g/mol. The summed E-state index contributed by atoms with van der Waals surface area (Å²) < 4.78 is 0. The molecule has 1 aromatic rings. The molecular weight excluding hydrogens is 212 g/mol. The van der Waals surface area contributed by atoms with Gasteiger partial charge in [-0.3, -0.25) is 4.79 Å². The number of amides is 1. The Kier molecular flexibility index (Phi) is 3.79. The van der Waals surface area contributed by atoms with Crippen LogP contribution in [0.1, 0.15) is 27.9 Å². The number of carbonyl (C=O) groups excluding carboxylic acids is 1. The van der Waals surface area contributed by atoms with E-state index >= 15 is 0 Å². The smallest absolute Gasteiger partial charge is 0.251 e. The maximum atomic E-state index is 12.0. The second-order valence-electron chi connectivity index (χ2n) is 4.89. The number of benzene rings is 1. The van der Waals surface area contributed by atoms with Gasteiger partial charge < -0.3 is 10.6 Å². The molecule has 1 atom stereocenters. The minimum atomic E-state index is 0.0538. The fourth-order valence-electron chi connectivity index (χ4n) is 2.20. The van der Waals surface area contributed by atoms with Gasteiger partial charge in [-0.25, -0.2) is 0 Å². The van der Waals surface area contributed by atoms with Gasteiger partial charge in [0, 0.05) is 12.1 Å². The Morgan fingerprint density at radius 3 is 3.00 bits per heavy atom. The first-order valence-electron chi connectivity index (χ1n) is 6.23. The van der Waals surface area contributed by atoms with Crippen molar-refractivity contribution in [2.24, 2.45) is 5.92 Å². The van der Waals surface area contributed by atoms with Crippen LogP contribution in [0.15, 0.2) is 18.2 Å². The molecule has 0 bridgehead atoms. The minimum absolute atomic E-state index is 0.0538. The number of hydrogen-bond donors (Lipinski definition) is 2. The zero-order valence-corrected chi connectivity index (χ0v) is 10.5. The van der Waals surface area contributed by atoms with Crippen LogP contribution in [0.25, 0.3) is 0 Å². The van der Waals surface area contributed by atoms with Crippen LogP contribution in [-0.4, -0.2) is 25.5 Å². The minimum Gasteiger partial charge on any atom is -0.352 e. The second kappa shape index (κ2) is 5.32. The summed E-state index contributed by atoms with van der Waals surface area (Å²) in [5.74, 6) is 0.641.